The number of aromatic hydroxyl groups is 2. The topological polar surface area (TPSA) is 83.3 Å². The first-order chi connectivity index (χ1) is 14.1. The monoisotopic (exact) mass is 413 g/mol. The first-order valence-corrected chi connectivity index (χ1v) is 10.4. The Morgan fingerprint density at radius 1 is 1.00 bits per heavy atom. The fourth-order valence-electron chi connectivity index (χ4n) is 3.19. The maximum absolute atomic E-state index is 10.2. The number of nitrogens with zero attached hydrogens (tertiary/aromatic N) is 2. The Balaban J connectivity index is 1.68. The molecule has 0 radical (unpaired) electrons. The highest BCUT2D eigenvalue weighted by Gasteiger charge is 2.15. The predicted octanol–water partition coefficient (Wildman–Crippen LogP) is 5.75. The molecule has 7 heteroatoms. The molecule has 154 valence electrons. The number of phenolic OH excluding ortho intramolecular Hbond substituents is 2. The van der Waals surface area contributed by atoms with Crippen molar-refractivity contribution < 1.29 is 14.9 Å². The molecule has 1 aromatic heterocycles. The van der Waals surface area contributed by atoms with E-state index in [4.69, 9.17) is 17.0 Å². The van der Waals surface area contributed by atoms with Crippen molar-refractivity contribution in [2.45, 2.75) is 45.4 Å². The van der Waals surface area contributed by atoms with Crippen LogP contribution in [0.2, 0.25) is 0 Å². The number of hydrogen-bond donors (Lipinski definition) is 3. The first-order valence-electron chi connectivity index (χ1n) is 10.0. The molecule has 29 heavy (non-hydrogen) atoms. The van der Waals surface area contributed by atoms with Crippen LogP contribution in [-0.2, 0) is 0 Å². The molecular weight excluding hydrogens is 386 g/mol. The molecule has 0 aliphatic rings. The summed E-state index contributed by atoms with van der Waals surface area (Å²) < 4.78 is 7.98. The second-order valence-corrected chi connectivity index (χ2v) is 7.39. The minimum atomic E-state index is -0.0702. The van der Waals surface area contributed by atoms with E-state index in [1.54, 1.807) is 10.6 Å². The van der Waals surface area contributed by atoms with E-state index in [1.807, 2.05) is 24.3 Å². The second-order valence-electron chi connectivity index (χ2n) is 7.00. The van der Waals surface area contributed by atoms with Gasteiger partial charge in [-0.1, -0.05) is 39.0 Å². The summed E-state index contributed by atoms with van der Waals surface area (Å²) >= 11 is 5.37. The van der Waals surface area contributed by atoms with Crippen LogP contribution in [0.25, 0.3) is 17.1 Å². The Hall–Kier alpha value is -2.80. The van der Waals surface area contributed by atoms with Crippen molar-refractivity contribution in [3.63, 3.8) is 0 Å². The highest BCUT2D eigenvalue weighted by molar-refractivity contribution is 7.71. The van der Waals surface area contributed by atoms with E-state index in [0.717, 1.165) is 17.9 Å². The Morgan fingerprint density at radius 2 is 1.72 bits per heavy atom. The molecule has 0 fully saturated rings. The van der Waals surface area contributed by atoms with Crippen LogP contribution in [0.4, 0.5) is 0 Å². The molecule has 0 unspecified atom stereocenters. The molecule has 3 N–H and O–H groups in total. The zero-order valence-electron chi connectivity index (χ0n) is 16.6. The van der Waals surface area contributed by atoms with Gasteiger partial charge < -0.3 is 14.9 Å². The number of hydrogen-bond acceptors (Lipinski definition) is 5. The maximum Gasteiger partial charge on any atom is 0.200 e. The van der Waals surface area contributed by atoms with Crippen LogP contribution in [0.3, 0.4) is 0 Å². The number of ether oxygens (including phenoxy) is 1. The number of H-pyrrole nitrogens is 1. The molecular formula is C22H27N3O3S. The fourth-order valence-corrected chi connectivity index (χ4v) is 3.43. The SMILES string of the molecule is CCCCCCCCOc1ccc(-n2c(-c3ccc(O)cc3O)n[nH]c2=S)cc1. The van der Waals surface area contributed by atoms with E-state index in [0.29, 0.717) is 22.8 Å². The second kappa shape index (κ2) is 10.1. The summed E-state index contributed by atoms with van der Waals surface area (Å²) in [7, 11) is 0. The molecule has 0 saturated carbocycles. The van der Waals surface area contributed by atoms with Crippen LogP contribution in [0.1, 0.15) is 45.4 Å². The smallest absolute Gasteiger partial charge is 0.200 e. The van der Waals surface area contributed by atoms with E-state index in [1.165, 1.54) is 44.2 Å². The molecule has 2 aromatic carbocycles. The molecule has 6 nitrogen and oxygen atoms in total. The lowest BCUT2D eigenvalue weighted by molar-refractivity contribution is 0.304. The normalized spacial score (nSPS) is 10.9. The van der Waals surface area contributed by atoms with E-state index >= 15 is 0 Å². The van der Waals surface area contributed by atoms with E-state index in [2.05, 4.69) is 17.1 Å². The number of benzene rings is 2. The van der Waals surface area contributed by atoms with Gasteiger partial charge in [-0.05, 0) is 55.0 Å². The largest absolute Gasteiger partial charge is 0.508 e. The minimum absolute atomic E-state index is 0.0150. The molecule has 0 aliphatic carbocycles. The lowest BCUT2D eigenvalue weighted by Gasteiger charge is -2.10. The van der Waals surface area contributed by atoms with Gasteiger partial charge in [-0.2, -0.15) is 5.10 Å². The van der Waals surface area contributed by atoms with Gasteiger partial charge in [0.05, 0.1) is 17.9 Å². The first kappa shape index (κ1) is 20.9. The molecule has 0 amide bonds. The number of aromatic nitrogens is 3. The Bertz CT molecular complexity index is 980. The quantitative estimate of drug-likeness (QED) is 0.291. The van der Waals surface area contributed by atoms with Gasteiger partial charge in [-0.15, -0.1) is 0 Å². The van der Waals surface area contributed by atoms with Crippen molar-refractivity contribution >= 4 is 12.2 Å². The molecule has 3 aromatic rings. The van der Waals surface area contributed by atoms with Crippen LogP contribution in [0.15, 0.2) is 42.5 Å². The van der Waals surface area contributed by atoms with Crippen molar-refractivity contribution in [3.05, 3.63) is 47.2 Å². The maximum atomic E-state index is 10.2. The fraction of sp³-hybridized carbons (Fsp3) is 0.364. The lowest BCUT2D eigenvalue weighted by Crippen LogP contribution is -2.00. The standard InChI is InChI=1S/C22H27N3O3S/c1-2-3-4-5-6-7-14-28-18-11-8-16(9-12-18)25-21(23-24-22(25)29)19-13-10-17(26)15-20(19)27/h8-13,15,26-27H,2-7,14H2,1H3,(H,24,29). The number of phenols is 2. The molecule has 0 bridgehead atoms. The highest BCUT2D eigenvalue weighted by atomic mass is 32.1. The molecule has 3 rings (SSSR count). The van der Waals surface area contributed by atoms with Crippen LogP contribution in [-0.4, -0.2) is 31.6 Å². The summed E-state index contributed by atoms with van der Waals surface area (Å²) in [4.78, 5) is 0. The Kier molecular flexibility index (Phi) is 7.30. The summed E-state index contributed by atoms with van der Waals surface area (Å²) in [6.07, 6.45) is 7.39. The van der Waals surface area contributed by atoms with Crippen molar-refractivity contribution in [3.8, 4) is 34.3 Å². The minimum Gasteiger partial charge on any atom is -0.508 e. The average Bonchev–Trinajstić information content (AvgIpc) is 3.09. The van der Waals surface area contributed by atoms with Gasteiger partial charge in [0.2, 0.25) is 0 Å². The number of nitrogens with one attached hydrogen (secondary N) is 1. The molecule has 0 saturated heterocycles. The van der Waals surface area contributed by atoms with Gasteiger partial charge >= 0.3 is 0 Å². The van der Waals surface area contributed by atoms with Gasteiger partial charge in [-0.3, -0.25) is 9.67 Å². The van der Waals surface area contributed by atoms with Crippen molar-refractivity contribution in [2.24, 2.45) is 0 Å². The number of aromatic amines is 1. The molecule has 0 aliphatic heterocycles. The number of unbranched alkanes of at least 4 members (excludes halogenated alkanes) is 5. The van der Waals surface area contributed by atoms with Crippen molar-refractivity contribution in [1.29, 1.82) is 0 Å². The van der Waals surface area contributed by atoms with Crippen LogP contribution >= 0.6 is 12.2 Å². The van der Waals surface area contributed by atoms with Gasteiger partial charge in [0.15, 0.2) is 10.6 Å². The summed E-state index contributed by atoms with van der Waals surface area (Å²) in [5, 5.41) is 26.7. The molecule has 1 heterocycles. The summed E-state index contributed by atoms with van der Waals surface area (Å²) in [6.45, 7) is 2.93. The van der Waals surface area contributed by atoms with E-state index < -0.39 is 0 Å². The molecule has 0 atom stereocenters. The summed E-state index contributed by atoms with van der Waals surface area (Å²) in [5.41, 5.74) is 1.27. The van der Waals surface area contributed by atoms with E-state index in [9.17, 15) is 10.2 Å². The van der Waals surface area contributed by atoms with Crippen LogP contribution in [0, 0.1) is 4.77 Å². The van der Waals surface area contributed by atoms with Gasteiger partial charge in [0.25, 0.3) is 0 Å². The van der Waals surface area contributed by atoms with Gasteiger partial charge in [-0.25, -0.2) is 0 Å². The van der Waals surface area contributed by atoms with E-state index in [-0.39, 0.29) is 11.5 Å². The predicted molar refractivity (Wildman–Crippen MR) is 116 cm³/mol. The van der Waals surface area contributed by atoms with Crippen molar-refractivity contribution in [1.82, 2.24) is 14.8 Å². The lowest BCUT2D eigenvalue weighted by atomic mass is 10.1. The Labute approximate surface area is 175 Å². The summed E-state index contributed by atoms with van der Waals surface area (Å²) in [5.74, 6) is 1.19. The third kappa shape index (κ3) is 5.38. The van der Waals surface area contributed by atoms with Crippen LogP contribution < -0.4 is 4.74 Å². The zero-order valence-corrected chi connectivity index (χ0v) is 17.4. The Morgan fingerprint density at radius 3 is 2.45 bits per heavy atom. The average molecular weight is 414 g/mol. The zero-order chi connectivity index (χ0) is 20.6. The molecule has 0 spiro atoms. The third-order valence-corrected chi connectivity index (χ3v) is 5.03. The third-order valence-electron chi connectivity index (χ3n) is 4.76. The van der Waals surface area contributed by atoms with Gasteiger partial charge in [0.1, 0.15) is 17.2 Å². The van der Waals surface area contributed by atoms with Crippen molar-refractivity contribution in [2.75, 3.05) is 6.61 Å². The van der Waals surface area contributed by atoms with Gasteiger partial charge in [0, 0.05) is 6.07 Å². The highest BCUT2D eigenvalue weighted by Crippen LogP contribution is 2.32. The number of rotatable bonds is 10. The van der Waals surface area contributed by atoms with Crippen LogP contribution in [0.5, 0.6) is 17.2 Å². The summed E-state index contributed by atoms with van der Waals surface area (Å²) in [6, 6.07) is 12.0.